The highest BCUT2D eigenvalue weighted by Gasteiger charge is 2.31. The first kappa shape index (κ1) is 14.6. The topological polar surface area (TPSA) is 49.8 Å². The van der Waals surface area contributed by atoms with Crippen LogP contribution in [-0.4, -0.2) is 29.1 Å². The summed E-state index contributed by atoms with van der Waals surface area (Å²) in [5.41, 5.74) is 3.37. The number of carbonyl (C=O) groups is 1. The Morgan fingerprint density at radius 3 is 2.68 bits per heavy atom. The second kappa shape index (κ2) is 6.20. The molecule has 2 aromatic rings. The Hall–Kier alpha value is -2.33. The van der Waals surface area contributed by atoms with Gasteiger partial charge >= 0.3 is 5.97 Å². The van der Waals surface area contributed by atoms with Crippen molar-refractivity contribution in [2.45, 2.75) is 25.6 Å². The van der Waals surface area contributed by atoms with Crippen LogP contribution in [0.5, 0.6) is 5.75 Å². The predicted molar refractivity (Wildman–Crippen MR) is 83.8 cm³/mol. The number of ether oxygens (including phenoxy) is 1. The summed E-state index contributed by atoms with van der Waals surface area (Å²) in [6.45, 7) is 1.29. The Labute approximate surface area is 130 Å². The Bertz CT molecular complexity index is 669. The minimum absolute atomic E-state index is 0.500. The molecule has 0 spiro atoms. The van der Waals surface area contributed by atoms with E-state index in [1.807, 2.05) is 53.4 Å². The fourth-order valence-electron chi connectivity index (χ4n) is 2.97. The average Bonchev–Trinajstić information content (AvgIpc) is 2.54. The van der Waals surface area contributed by atoms with E-state index in [0.717, 1.165) is 16.9 Å². The first-order valence-electron chi connectivity index (χ1n) is 7.34. The molecule has 22 heavy (non-hydrogen) atoms. The van der Waals surface area contributed by atoms with Crippen LogP contribution in [0.1, 0.15) is 16.7 Å². The van der Waals surface area contributed by atoms with Crippen LogP contribution in [0.2, 0.25) is 0 Å². The highest BCUT2D eigenvalue weighted by molar-refractivity contribution is 5.74. The fraction of sp³-hybridized carbons (Fsp3) is 0.278. The molecule has 2 aromatic carbocycles. The standard InChI is InChI=1S/C18H19NO3/c1-22-16-8-7-14-12-19(11-13-5-3-2-4-6-13)17(18(20)21)10-15(14)9-16/h2-9,17H,10-12H2,1H3,(H,20,21). The molecular formula is C18H19NO3. The third kappa shape index (κ3) is 2.97. The molecule has 0 saturated heterocycles. The van der Waals surface area contributed by atoms with Gasteiger partial charge in [0.1, 0.15) is 11.8 Å². The van der Waals surface area contributed by atoms with Crippen molar-refractivity contribution >= 4 is 5.97 Å². The maximum atomic E-state index is 11.6. The number of rotatable bonds is 4. The van der Waals surface area contributed by atoms with Crippen LogP contribution in [0, 0.1) is 0 Å². The van der Waals surface area contributed by atoms with Gasteiger partial charge in [0, 0.05) is 13.1 Å². The summed E-state index contributed by atoms with van der Waals surface area (Å²) < 4.78 is 5.24. The van der Waals surface area contributed by atoms with Crippen molar-refractivity contribution < 1.29 is 14.6 Å². The van der Waals surface area contributed by atoms with Crippen molar-refractivity contribution in [3.05, 3.63) is 65.2 Å². The van der Waals surface area contributed by atoms with Gasteiger partial charge < -0.3 is 9.84 Å². The lowest BCUT2D eigenvalue weighted by Crippen LogP contribution is -2.45. The number of aliphatic carboxylic acids is 1. The van der Waals surface area contributed by atoms with E-state index < -0.39 is 12.0 Å². The van der Waals surface area contributed by atoms with Gasteiger partial charge in [0.2, 0.25) is 0 Å². The maximum absolute atomic E-state index is 11.6. The smallest absolute Gasteiger partial charge is 0.321 e. The summed E-state index contributed by atoms with van der Waals surface area (Å²) in [7, 11) is 1.63. The summed E-state index contributed by atoms with van der Waals surface area (Å²) in [6.07, 6.45) is 0.509. The van der Waals surface area contributed by atoms with Gasteiger partial charge in [-0.25, -0.2) is 0 Å². The van der Waals surface area contributed by atoms with Crippen LogP contribution in [0.15, 0.2) is 48.5 Å². The van der Waals surface area contributed by atoms with E-state index in [2.05, 4.69) is 0 Å². The summed E-state index contributed by atoms with van der Waals surface area (Å²) in [5.74, 6) is 0.00352. The molecule has 0 amide bonds. The number of fused-ring (bicyclic) bond motifs is 1. The van der Waals surface area contributed by atoms with Crippen molar-refractivity contribution in [1.29, 1.82) is 0 Å². The SMILES string of the molecule is COc1ccc2c(c1)CC(C(=O)O)N(Cc1ccccc1)C2. The molecule has 1 unspecified atom stereocenters. The normalized spacial score (nSPS) is 17.8. The molecular weight excluding hydrogens is 278 g/mol. The van der Waals surface area contributed by atoms with E-state index in [0.29, 0.717) is 19.5 Å². The lowest BCUT2D eigenvalue weighted by Gasteiger charge is -2.34. The zero-order valence-corrected chi connectivity index (χ0v) is 12.5. The summed E-state index contributed by atoms with van der Waals surface area (Å²) in [5, 5.41) is 9.57. The van der Waals surface area contributed by atoms with Gasteiger partial charge in [-0.2, -0.15) is 0 Å². The number of carboxylic acids is 1. The van der Waals surface area contributed by atoms with Crippen molar-refractivity contribution in [2.24, 2.45) is 0 Å². The van der Waals surface area contributed by atoms with Gasteiger partial charge in [0.05, 0.1) is 7.11 Å². The largest absolute Gasteiger partial charge is 0.497 e. The zero-order valence-electron chi connectivity index (χ0n) is 12.5. The van der Waals surface area contributed by atoms with Gasteiger partial charge in [-0.15, -0.1) is 0 Å². The van der Waals surface area contributed by atoms with Crippen LogP contribution in [0.4, 0.5) is 0 Å². The molecule has 3 rings (SSSR count). The fourth-order valence-corrected chi connectivity index (χ4v) is 2.97. The summed E-state index contributed by atoms with van der Waals surface area (Å²) in [6, 6.07) is 15.4. The Kier molecular flexibility index (Phi) is 4.11. The molecule has 0 bridgehead atoms. The maximum Gasteiger partial charge on any atom is 0.321 e. The molecule has 0 radical (unpaired) electrons. The van der Waals surface area contributed by atoms with E-state index in [1.54, 1.807) is 7.11 Å². The Morgan fingerprint density at radius 1 is 1.23 bits per heavy atom. The highest BCUT2D eigenvalue weighted by Crippen LogP contribution is 2.28. The second-order valence-electron chi connectivity index (χ2n) is 5.58. The monoisotopic (exact) mass is 297 g/mol. The second-order valence-corrected chi connectivity index (χ2v) is 5.58. The molecule has 1 heterocycles. The Balaban J connectivity index is 1.87. The van der Waals surface area contributed by atoms with Crippen LogP contribution >= 0.6 is 0 Å². The molecule has 4 nitrogen and oxygen atoms in total. The van der Waals surface area contributed by atoms with Gasteiger partial charge in [-0.05, 0) is 35.2 Å². The zero-order chi connectivity index (χ0) is 15.5. The van der Waals surface area contributed by atoms with Crippen molar-refractivity contribution in [2.75, 3.05) is 7.11 Å². The molecule has 0 fully saturated rings. The van der Waals surface area contributed by atoms with Gasteiger partial charge in [0.15, 0.2) is 0 Å². The third-order valence-corrected chi connectivity index (χ3v) is 4.15. The van der Waals surface area contributed by atoms with E-state index in [-0.39, 0.29) is 0 Å². The lowest BCUT2D eigenvalue weighted by molar-refractivity contribution is -0.144. The van der Waals surface area contributed by atoms with E-state index in [1.165, 1.54) is 5.56 Å². The molecule has 1 atom stereocenters. The highest BCUT2D eigenvalue weighted by atomic mass is 16.5. The Morgan fingerprint density at radius 2 is 2.00 bits per heavy atom. The number of benzene rings is 2. The van der Waals surface area contributed by atoms with Crippen LogP contribution in [-0.2, 0) is 24.3 Å². The first-order chi connectivity index (χ1) is 10.7. The summed E-state index contributed by atoms with van der Waals surface area (Å²) >= 11 is 0. The molecule has 1 aliphatic heterocycles. The van der Waals surface area contributed by atoms with Gasteiger partial charge in [0.25, 0.3) is 0 Å². The predicted octanol–water partition coefficient (Wildman–Crippen LogP) is 2.71. The number of nitrogens with zero attached hydrogens (tertiary/aromatic N) is 1. The van der Waals surface area contributed by atoms with Crippen molar-refractivity contribution in [3.8, 4) is 5.75 Å². The van der Waals surface area contributed by atoms with E-state index in [4.69, 9.17) is 4.74 Å². The molecule has 0 aromatic heterocycles. The summed E-state index contributed by atoms with van der Waals surface area (Å²) in [4.78, 5) is 13.7. The van der Waals surface area contributed by atoms with E-state index >= 15 is 0 Å². The number of hydrogen-bond acceptors (Lipinski definition) is 3. The number of hydrogen-bond donors (Lipinski definition) is 1. The first-order valence-corrected chi connectivity index (χ1v) is 7.34. The molecule has 4 heteroatoms. The van der Waals surface area contributed by atoms with Gasteiger partial charge in [-0.3, -0.25) is 9.69 Å². The number of carboxylic acid groups (broad SMARTS) is 1. The minimum atomic E-state index is -0.774. The molecule has 1 N–H and O–H groups in total. The quantitative estimate of drug-likeness (QED) is 0.942. The third-order valence-electron chi connectivity index (χ3n) is 4.15. The lowest BCUT2D eigenvalue weighted by atomic mass is 9.93. The molecule has 1 aliphatic rings. The minimum Gasteiger partial charge on any atom is -0.497 e. The van der Waals surface area contributed by atoms with Crippen molar-refractivity contribution in [3.63, 3.8) is 0 Å². The van der Waals surface area contributed by atoms with Gasteiger partial charge in [-0.1, -0.05) is 36.4 Å². The molecule has 114 valence electrons. The number of methoxy groups -OCH3 is 1. The van der Waals surface area contributed by atoms with Crippen LogP contribution in [0.3, 0.4) is 0 Å². The van der Waals surface area contributed by atoms with Crippen LogP contribution < -0.4 is 4.74 Å². The molecule has 0 aliphatic carbocycles. The van der Waals surface area contributed by atoms with Crippen LogP contribution in [0.25, 0.3) is 0 Å². The van der Waals surface area contributed by atoms with Crippen molar-refractivity contribution in [1.82, 2.24) is 4.90 Å². The molecule has 0 saturated carbocycles. The average molecular weight is 297 g/mol. The van der Waals surface area contributed by atoms with E-state index in [9.17, 15) is 9.90 Å².